The lowest BCUT2D eigenvalue weighted by molar-refractivity contribution is 0.595. The quantitative estimate of drug-likeness (QED) is 0.728. The maximum absolute atomic E-state index is 12.5. The first-order valence-electron chi connectivity index (χ1n) is 5.64. The van der Waals surface area contributed by atoms with Crippen LogP contribution in [0.2, 0.25) is 0 Å². The van der Waals surface area contributed by atoms with E-state index in [2.05, 4.69) is 0 Å². The number of benzene rings is 2. The van der Waals surface area contributed by atoms with Crippen LogP contribution in [0.25, 0.3) is 0 Å². The van der Waals surface area contributed by atoms with Gasteiger partial charge in [-0.15, -0.1) is 0 Å². The first-order chi connectivity index (χ1) is 8.95. The van der Waals surface area contributed by atoms with Gasteiger partial charge in [-0.2, -0.15) is 0 Å². The van der Waals surface area contributed by atoms with Gasteiger partial charge in [-0.25, -0.2) is 8.42 Å². The molecule has 0 aliphatic rings. The average molecular weight is 277 g/mol. The van der Waals surface area contributed by atoms with Gasteiger partial charge in [0.2, 0.25) is 9.84 Å². The molecule has 0 fully saturated rings. The number of sulfone groups is 1. The van der Waals surface area contributed by atoms with Crippen molar-refractivity contribution >= 4 is 21.2 Å². The van der Waals surface area contributed by atoms with Gasteiger partial charge in [0.05, 0.1) is 9.79 Å². The molecule has 0 aliphatic heterocycles. The van der Waals surface area contributed by atoms with Crippen LogP contribution in [0.1, 0.15) is 5.56 Å². The first-order valence-corrected chi connectivity index (χ1v) is 7.12. The van der Waals surface area contributed by atoms with Crippen molar-refractivity contribution in [2.24, 2.45) is 5.73 Å². The van der Waals surface area contributed by atoms with Gasteiger partial charge in [0.1, 0.15) is 0 Å². The van der Waals surface area contributed by atoms with Crippen molar-refractivity contribution in [1.29, 1.82) is 0 Å². The molecule has 0 spiro atoms. The predicted octanol–water partition coefficient (Wildman–Crippen LogP) is 1.14. The van der Waals surface area contributed by atoms with Crippen LogP contribution < -0.4 is 17.2 Å². The third-order valence-electron chi connectivity index (χ3n) is 2.78. The van der Waals surface area contributed by atoms with Crippen molar-refractivity contribution in [1.82, 2.24) is 0 Å². The molecule has 0 heterocycles. The van der Waals surface area contributed by atoms with Crippen LogP contribution in [-0.2, 0) is 16.4 Å². The van der Waals surface area contributed by atoms with E-state index in [-0.39, 0.29) is 16.3 Å². The Kier molecular flexibility index (Phi) is 3.46. The van der Waals surface area contributed by atoms with Crippen molar-refractivity contribution in [2.45, 2.75) is 16.3 Å². The largest absolute Gasteiger partial charge is 0.399 e. The molecular weight excluding hydrogens is 262 g/mol. The Hall–Kier alpha value is -2.05. The molecule has 0 unspecified atom stereocenters. The maximum atomic E-state index is 12.5. The summed E-state index contributed by atoms with van der Waals surface area (Å²) in [6.45, 7) is 0.106. The van der Waals surface area contributed by atoms with Crippen molar-refractivity contribution < 1.29 is 8.42 Å². The second-order valence-corrected chi connectivity index (χ2v) is 6.06. The third-order valence-corrected chi connectivity index (χ3v) is 4.65. The highest BCUT2D eigenvalue weighted by Gasteiger charge is 2.20. The fraction of sp³-hybridized carbons (Fsp3) is 0.0769. The van der Waals surface area contributed by atoms with Crippen LogP contribution in [0.4, 0.5) is 11.4 Å². The standard InChI is InChI=1S/C13H15N3O2S/c14-8-9-7-11(16)3-6-13(9)19(17,18)12-4-1-10(15)2-5-12/h1-7H,8,14-16H2. The van der Waals surface area contributed by atoms with E-state index < -0.39 is 9.84 Å². The van der Waals surface area contributed by atoms with Crippen LogP contribution in [0.5, 0.6) is 0 Å². The molecule has 0 bridgehead atoms. The fourth-order valence-corrected chi connectivity index (χ4v) is 3.28. The minimum absolute atomic E-state index is 0.106. The van der Waals surface area contributed by atoms with E-state index in [1.54, 1.807) is 24.3 Å². The van der Waals surface area contributed by atoms with E-state index in [1.165, 1.54) is 18.2 Å². The molecule has 2 aromatic carbocycles. The number of rotatable bonds is 3. The molecule has 0 atom stereocenters. The number of hydrogen-bond acceptors (Lipinski definition) is 5. The summed E-state index contributed by atoms with van der Waals surface area (Å²) in [5, 5.41) is 0. The van der Waals surface area contributed by atoms with Gasteiger partial charge in [0, 0.05) is 17.9 Å². The highest BCUT2D eigenvalue weighted by Crippen LogP contribution is 2.26. The normalized spacial score (nSPS) is 11.4. The molecule has 0 aliphatic carbocycles. The van der Waals surface area contributed by atoms with Crippen molar-refractivity contribution in [3.05, 3.63) is 48.0 Å². The molecule has 19 heavy (non-hydrogen) atoms. The Morgan fingerprint density at radius 3 is 2.05 bits per heavy atom. The summed E-state index contributed by atoms with van der Waals surface area (Å²) < 4.78 is 25.0. The zero-order valence-electron chi connectivity index (χ0n) is 10.2. The lowest BCUT2D eigenvalue weighted by atomic mass is 10.2. The highest BCUT2D eigenvalue weighted by molar-refractivity contribution is 7.91. The Morgan fingerprint density at radius 2 is 1.47 bits per heavy atom. The monoisotopic (exact) mass is 277 g/mol. The molecule has 0 radical (unpaired) electrons. The van der Waals surface area contributed by atoms with Gasteiger partial charge in [-0.3, -0.25) is 0 Å². The maximum Gasteiger partial charge on any atom is 0.206 e. The van der Waals surface area contributed by atoms with E-state index in [9.17, 15) is 8.42 Å². The Morgan fingerprint density at radius 1 is 0.895 bits per heavy atom. The van der Waals surface area contributed by atoms with E-state index in [0.717, 1.165) is 0 Å². The Balaban J connectivity index is 2.59. The zero-order chi connectivity index (χ0) is 14.0. The van der Waals surface area contributed by atoms with E-state index >= 15 is 0 Å². The molecule has 0 saturated heterocycles. The average Bonchev–Trinajstić information content (AvgIpc) is 2.38. The Labute approximate surface area is 111 Å². The molecule has 0 aromatic heterocycles. The summed E-state index contributed by atoms with van der Waals surface area (Å²) in [6.07, 6.45) is 0. The zero-order valence-corrected chi connectivity index (χ0v) is 11.0. The topological polar surface area (TPSA) is 112 Å². The van der Waals surface area contributed by atoms with Crippen LogP contribution in [0.15, 0.2) is 52.3 Å². The first kappa shape index (κ1) is 13.4. The second kappa shape index (κ2) is 4.91. The molecule has 6 heteroatoms. The molecular formula is C13H15N3O2S. The van der Waals surface area contributed by atoms with Gasteiger partial charge >= 0.3 is 0 Å². The van der Waals surface area contributed by atoms with Gasteiger partial charge in [-0.05, 0) is 48.0 Å². The van der Waals surface area contributed by atoms with Crippen molar-refractivity contribution in [3.8, 4) is 0 Å². The lowest BCUT2D eigenvalue weighted by Gasteiger charge is -2.10. The minimum Gasteiger partial charge on any atom is -0.399 e. The van der Waals surface area contributed by atoms with Crippen LogP contribution in [0.3, 0.4) is 0 Å². The van der Waals surface area contributed by atoms with Crippen LogP contribution in [0, 0.1) is 0 Å². The number of anilines is 2. The molecule has 0 saturated carbocycles. The molecule has 100 valence electrons. The van der Waals surface area contributed by atoms with E-state index in [4.69, 9.17) is 17.2 Å². The number of nitrogen functional groups attached to an aromatic ring is 2. The lowest BCUT2D eigenvalue weighted by Crippen LogP contribution is -2.09. The minimum atomic E-state index is -3.61. The summed E-state index contributed by atoms with van der Waals surface area (Å²) in [5.74, 6) is 0. The predicted molar refractivity (Wildman–Crippen MR) is 75.1 cm³/mol. The third kappa shape index (κ3) is 2.54. The molecule has 2 rings (SSSR count). The summed E-state index contributed by atoms with van der Waals surface area (Å²) in [5.41, 5.74) is 18.3. The second-order valence-electron chi connectivity index (χ2n) is 4.14. The van der Waals surface area contributed by atoms with Gasteiger partial charge in [0.25, 0.3) is 0 Å². The molecule has 5 nitrogen and oxygen atoms in total. The van der Waals surface area contributed by atoms with E-state index in [1.807, 2.05) is 0 Å². The summed E-state index contributed by atoms with van der Waals surface area (Å²) in [7, 11) is -3.61. The van der Waals surface area contributed by atoms with Crippen molar-refractivity contribution in [3.63, 3.8) is 0 Å². The Bertz CT molecular complexity index is 694. The van der Waals surface area contributed by atoms with Crippen LogP contribution >= 0.6 is 0 Å². The van der Waals surface area contributed by atoms with Gasteiger partial charge in [-0.1, -0.05) is 0 Å². The van der Waals surface area contributed by atoms with Gasteiger partial charge < -0.3 is 17.2 Å². The van der Waals surface area contributed by atoms with Gasteiger partial charge in [0.15, 0.2) is 0 Å². The highest BCUT2D eigenvalue weighted by atomic mass is 32.2. The summed E-state index contributed by atoms with van der Waals surface area (Å²) in [4.78, 5) is 0.357. The molecule has 0 amide bonds. The number of nitrogens with two attached hydrogens (primary N) is 3. The fourth-order valence-electron chi connectivity index (χ4n) is 1.80. The summed E-state index contributed by atoms with van der Waals surface area (Å²) in [6, 6.07) is 10.6. The molecule has 2 aromatic rings. The SMILES string of the molecule is NCc1cc(N)ccc1S(=O)(=O)c1ccc(N)cc1. The summed E-state index contributed by atoms with van der Waals surface area (Å²) >= 11 is 0. The van der Waals surface area contributed by atoms with Crippen LogP contribution in [-0.4, -0.2) is 8.42 Å². The van der Waals surface area contributed by atoms with Crippen molar-refractivity contribution in [2.75, 3.05) is 11.5 Å². The smallest absolute Gasteiger partial charge is 0.206 e. The molecule has 6 N–H and O–H groups in total. The number of hydrogen-bond donors (Lipinski definition) is 3. The van der Waals surface area contributed by atoms with E-state index in [0.29, 0.717) is 16.9 Å².